The Morgan fingerprint density at radius 1 is 1.35 bits per heavy atom. The maximum Gasteiger partial charge on any atom is 0.326 e. The molecule has 2 atom stereocenters. The number of rotatable bonds is 4. The predicted octanol–water partition coefficient (Wildman–Crippen LogP) is 1.25. The van der Waals surface area contributed by atoms with Gasteiger partial charge in [0.05, 0.1) is 0 Å². The first-order chi connectivity index (χ1) is 10.7. The summed E-state index contributed by atoms with van der Waals surface area (Å²) < 4.78 is 26.2. The second-order valence-corrected chi connectivity index (χ2v) is 5.39. The number of carbonyl (C=O) groups is 3. The summed E-state index contributed by atoms with van der Waals surface area (Å²) >= 11 is 0. The first-order valence-electron chi connectivity index (χ1n) is 7.00. The summed E-state index contributed by atoms with van der Waals surface area (Å²) in [6, 6.07) is 2.00. The summed E-state index contributed by atoms with van der Waals surface area (Å²) in [5.74, 6) is -5.45. The van der Waals surface area contributed by atoms with Crippen LogP contribution in [-0.2, 0) is 14.4 Å². The van der Waals surface area contributed by atoms with E-state index < -0.39 is 41.4 Å². The molecule has 0 aromatic heterocycles. The van der Waals surface area contributed by atoms with Crippen LogP contribution >= 0.6 is 0 Å². The number of carboxylic acids is 1. The molecule has 8 heteroatoms. The van der Waals surface area contributed by atoms with Crippen LogP contribution in [0.5, 0.6) is 0 Å². The van der Waals surface area contributed by atoms with E-state index in [9.17, 15) is 23.2 Å². The molecule has 1 aliphatic heterocycles. The van der Waals surface area contributed by atoms with Gasteiger partial charge in [-0.3, -0.25) is 9.59 Å². The van der Waals surface area contributed by atoms with Gasteiger partial charge in [-0.05, 0) is 25.5 Å². The fourth-order valence-corrected chi connectivity index (χ4v) is 2.42. The number of hydrogen-bond acceptors (Lipinski definition) is 3. The SMILES string of the molecule is C[C@H](C(=O)O)N(C)C(=O)[C@H]1CCN(c2ccc(F)c(F)c2)C1=O. The smallest absolute Gasteiger partial charge is 0.326 e. The van der Waals surface area contributed by atoms with Crippen molar-refractivity contribution < 1.29 is 28.3 Å². The monoisotopic (exact) mass is 326 g/mol. The van der Waals surface area contributed by atoms with E-state index in [2.05, 4.69) is 0 Å². The van der Waals surface area contributed by atoms with Crippen molar-refractivity contribution in [2.75, 3.05) is 18.5 Å². The maximum atomic E-state index is 13.3. The molecule has 0 unspecified atom stereocenters. The minimum Gasteiger partial charge on any atom is -0.480 e. The molecule has 1 aromatic rings. The molecule has 0 saturated carbocycles. The summed E-state index contributed by atoms with van der Waals surface area (Å²) in [4.78, 5) is 37.8. The number of likely N-dealkylation sites (N-methyl/N-ethyl adjacent to an activating group) is 1. The molecular weight excluding hydrogens is 310 g/mol. The molecule has 0 bridgehead atoms. The van der Waals surface area contributed by atoms with Gasteiger partial charge in [0.1, 0.15) is 12.0 Å². The number of carbonyl (C=O) groups excluding carboxylic acids is 2. The summed E-state index contributed by atoms with van der Waals surface area (Å²) in [6.45, 7) is 1.52. The van der Waals surface area contributed by atoms with Crippen LogP contribution in [0.1, 0.15) is 13.3 Å². The van der Waals surface area contributed by atoms with E-state index in [4.69, 9.17) is 5.11 Å². The Morgan fingerprint density at radius 2 is 2.00 bits per heavy atom. The number of aliphatic carboxylic acids is 1. The molecule has 0 radical (unpaired) electrons. The lowest BCUT2D eigenvalue weighted by molar-refractivity contribution is -0.151. The van der Waals surface area contributed by atoms with Crippen molar-refractivity contribution in [3.05, 3.63) is 29.8 Å². The number of benzene rings is 1. The van der Waals surface area contributed by atoms with Crippen molar-refractivity contribution in [1.29, 1.82) is 0 Å². The molecule has 2 amide bonds. The predicted molar refractivity (Wildman–Crippen MR) is 76.7 cm³/mol. The van der Waals surface area contributed by atoms with Crippen LogP contribution in [-0.4, -0.2) is 47.4 Å². The van der Waals surface area contributed by atoms with E-state index in [0.717, 1.165) is 17.0 Å². The van der Waals surface area contributed by atoms with E-state index >= 15 is 0 Å². The van der Waals surface area contributed by atoms with Crippen LogP contribution < -0.4 is 4.90 Å². The molecular formula is C15H16F2N2O4. The average molecular weight is 326 g/mol. The Bertz CT molecular complexity index is 665. The molecule has 0 spiro atoms. The summed E-state index contributed by atoms with van der Waals surface area (Å²) in [7, 11) is 1.31. The Hall–Kier alpha value is -2.51. The van der Waals surface area contributed by atoms with Crippen molar-refractivity contribution in [2.24, 2.45) is 5.92 Å². The minimum absolute atomic E-state index is 0.165. The van der Waals surface area contributed by atoms with Gasteiger partial charge in [-0.2, -0.15) is 0 Å². The molecule has 1 fully saturated rings. The highest BCUT2D eigenvalue weighted by Crippen LogP contribution is 2.27. The first kappa shape index (κ1) is 16.9. The zero-order valence-electron chi connectivity index (χ0n) is 12.6. The third kappa shape index (κ3) is 3.15. The third-order valence-corrected chi connectivity index (χ3v) is 4.00. The highest BCUT2D eigenvalue weighted by Gasteiger charge is 2.40. The average Bonchev–Trinajstić information content (AvgIpc) is 2.89. The van der Waals surface area contributed by atoms with Gasteiger partial charge >= 0.3 is 5.97 Å². The quantitative estimate of drug-likeness (QED) is 0.845. The molecule has 1 N–H and O–H groups in total. The van der Waals surface area contributed by atoms with Gasteiger partial charge in [-0.15, -0.1) is 0 Å². The fourth-order valence-electron chi connectivity index (χ4n) is 2.42. The third-order valence-electron chi connectivity index (χ3n) is 4.00. The second kappa shape index (κ2) is 6.31. The van der Waals surface area contributed by atoms with Crippen LogP contribution in [0, 0.1) is 17.6 Å². The Balaban J connectivity index is 2.16. The number of anilines is 1. The lowest BCUT2D eigenvalue weighted by Gasteiger charge is -2.24. The van der Waals surface area contributed by atoms with Crippen LogP contribution in [0.15, 0.2) is 18.2 Å². The fraction of sp³-hybridized carbons (Fsp3) is 0.400. The van der Waals surface area contributed by atoms with Gasteiger partial charge in [-0.25, -0.2) is 13.6 Å². The largest absolute Gasteiger partial charge is 0.480 e. The zero-order valence-corrected chi connectivity index (χ0v) is 12.6. The van der Waals surface area contributed by atoms with Crippen LogP contribution in [0.4, 0.5) is 14.5 Å². The number of halogens is 2. The first-order valence-corrected chi connectivity index (χ1v) is 7.00. The standard InChI is InChI=1S/C15H16F2N2O4/c1-8(15(22)23)18(2)13(20)10-5-6-19(14(10)21)9-3-4-11(16)12(17)7-9/h3-4,7-8,10H,5-6H2,1-2H3,(H,22,23)/t8-,10-/m1/s1. The number of hydrogen-bond donors (Lipinski definition) is 1. The normalized spacial score (nSPS) is 18.9. The molecule has 0 aliphatic carbocycles. The van der Waals surface area contributed by atoms with Gasteiger partial charge in [0, 0.05) is 25.3 Å². The highest BCUT2D eigenvalue weighted by atomic mass is 19.2. The molecule has 1 heterocycles. The van der Waals surface area contributed by atoms with Gasteiger partial charge in [0.15, 0.2) is 11.6 Å². The molecule has 1 aromatic carbocycles. The van der Waals surface area contributed by atoms with Crippen LogP contribution in [0.3, 0.4) is 0 Å². The minimum atomic E-state index is -1.18. The molecule has 1 aliphatic rings. The molecule has 124 valence electrons. The molecule has 1 saturated heterocycles. The van der Waals surface area contributed by atoms with Crippen molar-refractivity contribution in [2.45, 2.75) is 19.4 Å². The molecule has 2 rings (SSSR count). The van der Waals surface area contributed by atoms with E-state index in [-0.39, 0.29) is 18.7 Å². The lowest BCUT2D eigenvalue weighted by Crippen LogP contribution is -2.45. The molecule has 23 heavy (non-hydrogen) atoms. The van der Waals surface area contributed by atoms with Crippen LogP contribution in [0.25, 0.3) is 0 Å². The van der Waals surface area contributed by atoms with Gasteiger partial charge in [0.25, 0.3) is 0 Å². The lowest BCUT2D eigenvalue weighted by atomic mass is 10.1. The number of nitrogens with zero attached hydrogens (tertiary/aromatic N) is 2. The topological polar surface area (TPSA) is 77.9 Å². The van der Waals surface area contributed by atoms with E-state index in [1.807, 2.05) is 0 Å². The van der Waals surface area contributed by atoms with Crippen LogP contribution in [0.2, 0.25) is 0 Å². The van der Waals surface area contributed by atoms with Crippen molar-refractivity contribution in [3.8, 4) is 0 Å². The Morgan fingerprint density at radius 3 is 2.57 bits per heavy atom. The van der Waals surface area contributed by atoms with Gasteiger partial charge < -0.3 is 14.9 Å². The summed E-state index contributed by atoms with van der Waals surface area (Å²) in [5, 5.41) is 8.93. The molecule has 6 nitrogen and oxygen atoms in total. The van der Waals surface area contributed by atoms with E-state index in [1.165, 1.54) is 24.9 Å². The van der Waals surface area contributed by atoms with E-state index in [1.54, 1.807) is 0 Å². The number of amides is 2. The van der Waals surface area contributed by atoms with Crippen molar-refractivity contribution >= 4 is 23.5 Å². The maximum absolute atomic E-state index is 13.3. The summed E-state index contributed by atoms with van der Waals surface area (Å²) in [6.07, 6.45) is 0.188. The summed E-state index contributed by atoms with van der Waals surface area (Å²) in [5.41, 5.74) is 0.165. The van der Waals surface area contributed by atoms with Gasteiger partial charge in [0.2, 0.25) is 11.8 Å². The highest BCUT2D eigenvalue weighted by molar-refractivity contribution is 6.10. The Kier molecular flexibility index (Phi) is 4.63. The second-order valence-electron chi connectivity index (χ2n) is 5.39. The Labute approximate surface area is 131 Å². The zero-order chi connectivity index (χ0) is 17.3. The van der Waals surface area contributed by atoms with Crippen molar-refractivity contribution in [1.82, 2.24) is 4.90 Å². The number of carboxylic acid groups (broad SMARTS) is 1. The van der Waals surface area contributed by atoms with Crippen molar-refractivity contribution in [3.63, 3.8) is 0 Å². The van der Waals surface area contributed by atoms with Gasteiger partial charge in [-0.1, -0.05) is 0 Å². The van der Waals surface area contributed by atoms with E-state index in [0.29, 0.717) is 0 Å².